The van der Waals surface area contributed by atoms with E-state index in [4.69, 9.17) is 0 Å². The summed E-state index contributed by atoms with van der Waals surface area (Å²) in [5.41, 5.74) is 3.14. The van der Waals surface area contributed by atoms with Crippen molar-refractivity contribution < 1.29 is 4.79 Å². The van der Waals surface area contributed by atoms with E-state index in [9.17, 15) is 4.79 Å². The molecule has 0 amide bonds. The van der Waals surface area contributed by atoms with Gasteiger partial charge in [-0.15, -0.1) is 0 Å². The average Bonchev–Trinajstić information content (AvgIpc) is 2.28. The van der Waals surface area contributed by atoms with Gasteiger partial charge in [-0.1, -0.05) is 44.0 Å². The Morgan fingerprint density at radius 1 is 1.33 bits per heavy atom. The van der Waals surface area contributed by atoms with E-state index in [1.54, 1.807) is 0 Å². The third-order valence-electron chi connectivity index (χ3n) is 3.42. The molecular weight excluding hydrogens is 222 g/mol. The number of hydrogen-bond donors (Lipinski definition) is 0. The summed E-state index contributed by atoms with van der Waals surface area (Å²) in [6.07, 6.45) is 1.15. The monoisotopic (exact) mass is 247 g/mol. The van der Waals surface area contributed by atoms with Crippen LogP contribution in [-0.2, 0) is 0 Å². The number of carbonyl (C=O) groups excluding carboxylic acids is 1. The second-order valence-corrected chi connectivity index (χ2v) is 5.45. The van der Waals surface area contributed by atoms with Crippen LogP contribution in [0.1, 0.15) is 41.8 Å². The Labute approximate surface area is 111 Å². The third kappa shape index (κ3) is 4.26. The Balaban J connectivity index is 2.65. The maximum Gasteiger partial charge on any atom is 0.177 e. The zero-order valence-corrected chi connectivity index (χ0v) is 12.3. The van der Waals surface area contributed by atoms with Crippen molar-refractivity contribution in [3.05, 3.63) is 34.9 Å². The first-order valence-electron chi connectivity index (χ1n) is 6.73. The van der Waals surface area contributed by atoms with Crippen LogP contribution in [0.2, 0.25) is 0 Å². The molecule has 0 heterocycles. The number of carbonyl (C=O) groups is 1. The Bertz CT molecular complexity index is 412. The van der Waals surface area contributed by atoms with Gasteiger partial charge in [0.15, 0.2) is 5.78 Å². The van der Waals surface area contributed by atoms with Gasteiger partial charge in [-0.2, -0.15) is 0 Å². The predicted octanol–water partition coefficient (Wildman–Crippen LogP) is 3.46. The summed E-state index contributed by atoms with van der Waals surface area (Å²) in [4.78, 5) is 14.3. The minimum Gasteiger partial charge on any atom is -0.299 e. The molecule has 0 bridgehead atoms. The molecular formula is C16H25NO. The zero-order chi connectivity index (χ0) is 13.7. The highest BCUT2D eigenvalue weighted by molar-refractivity contribution is 5.98. The van der Waals surface area contributed by atoms with Gasteiger partial charge in [0.05, 0.1) is 6.54 Å². The van der Waals surface area contributed by atoms with Crippen LogP contribution in [0.3, 0.4) is 0 Å². The van der Waals surface area contributed by atoms with E-state index in [0.29, 0.717) is 12.5 Å². The van der Waals surface area contributed by atoms with Gasteiger partial charge in [-0.3, -0.25) is 9.69 Å². The lowest BCUT2D eigenvalue weighted by Crippen LogP contribution is -2.30. The fraction of sp³-hybridized carbons (Fsp3) is 0.562. The van der Waals surface area contributed by atoms with Crippen molar-refractivity contribution in [2.24, 2.45) is 5.92 Å². The number of hydrogen-bond acceptors (Lipinski definition) is 2. The molecule has 1 atom stereocenters. The normalized spacial score (nSPS) is 12.8. The summed E-state index contributed by atoms with van der Waals surface area (Å²) in [6, 6.07) is 6.03. The second-order valence-electron chi connectivity index (χ2n) is 5.45. The van der Waals surface area contributed by atoms with Crippen molar-refractivity contribution in [3.63, 3.8) is 0 Å². The summed E-state index contributed by atoms with van der Waals surface area (Å²) in [7, 11) is 2.02. The van der Waals surface area contributed by atoms with Gasteiger partial charge in [0.25, 0.3) is 0 Å². The molecule has 1 rings (SSSR count). The molecule has 18 heavy (non-hydrogen) atoms. The van der Waals surface area contributed by atoms with Crippen LogP contribution in [-0.4, -0.2) is 30.8 Å². The van der Waals surface area contributed by atoms with Crippen LogP contribution in [0, 0.1) is 19.8 Å². The molecule has 0 saturated heterocycles. The van der Waals surface area contributed by atoms with Crippen LogP contribution < -0.4 is 0 Å². The first kappa shape index (κ1) is 14.9. The Kier molecular flexibility index (Phi) is 5.54. The van der Waals surface area contributed by atoms with E-state index in [-0.39, 0.29) is 5.78 Å². The largest absolute Gasteiger partial charge is 0.299 e. The summed E-state index contributed by atoms with van der Waals surface area (Å²) >= 11 is 0. The number of rotatable bonds is 6. The first-order chi connectivity index (χ1) is 8.43. The maximum absolute atomic E-state index is 12.2. The van der Waals surface area contributed by atoms with Crippen molar-refractivity contribution in [2.45, 2.75) is 34.1 Å². The molecule has 0 N–H and O–H groups in total. The quantitative estimate of drug-likeness (QED) is 0.717. The average molecular weight is 247 g/mol. The number of nitrogens with zero attached hydrogens (tertiary/aromatic N) is 1. The van der Waals surface area contributed by atoms with Crippen molar-refractivity contribution in [3.8, 4) is 0 Å². The smallest absolute Gasteiger partial charge is 0.177 e. The van der Waals surface area contributed by atoms with Gasteiger partial charge in [0.1, 0.15) is 0 Å². The molecule has 0 spiro atoms. The fourth-order valence-corrected chi connectivity index (χ4v) is 2.18. The second kappa shape index (κ2) is 6.69. The predicted molar refractivity (Wildman–Crippen MR) is 77.2 cm³/mol. The van der Waals surface area contributed by atoms with E-state index in [0.717, 1.165) is 24.1 Å². The number of ketones is 1. The lowest BCUT2D eigenvalue weighted by Gasteiger charge is -2.20. The van der Waals surface area contributed by atoms with Gasteiger partial charge in [-0.05, 0) is 32.4 Å². The first-order valence-corrected chi connectivity index (χ1v) is 6.73. The van der Waals surface area contributed by atoms with E-state index >= 15 is 0 Å². The Hall–Kier alpha value is -1.15. The lowest BCUT2D eigenvalue weighted by atomic mass is 10.0. The molecule has 0 aromatic heterocycles. The van der Waals surface area contributed by atoms with E-state index in [1.807, 2.05) is 26.1 Å². The molecule has 0 saturated carbocycles. The molecule has 0 aliphatic heterocycles. The van der Waals surface area contributed by atoms with Gasteiger partial charge in [0.2, 0.25) is 0 Å². The zero-order valence-electron chi connectivity index (χ0n) is 12.3. The van der Waals surface area contributed by atoms with Crippen molar-refractivity contribution in [1.29, 1.82) is 0 Å². The van der Waals surface area contributed by atoms with Crippen molar-refractivity contribution >= 4 is 5.78 Å². The topological polar surface area (TPSA) is 20.3 Å². The van der Waals surface area contributed by atoms with Crippen LogP contribution in [0.4, 0.5) is 0 Å². The summed E-state index contributed by atoms with van der Waals surface area (Å²) in [6.45, 7) is 9.95. The Morgan fingerprint density at radius 2 is 2.00 bits per heavy atom. The molecule has 0 aliphatic carbocycles. The number of benzene rings is 1. The highest BCUT2D eigenvalue weighted by atomic mass is 16.1. The van der Waals surface area contributed by atoms with Crippen LogP contribution in [0.25, 0.3) is 0 Å². The molecule has 2 heteroatoms. The van der Waals surface area contributed by atoms with Gasteiger partial charge in [0, 0.05) is 12.1 Å². The summed E-state index contributed by atoms with van der Waals surface area (Å²) < 4.78 is 0. The highest BCUT2D eigenvalue weighted by Gasteiger charge is 2.13. The third-order valence-corrected chi connectivity index (χ3v) is 3.42. The maximum atomic E-state index is 12.2. The van der Waals surface area contributed by atoms with Crippen molar-refractivity contribution in [2.75, 3.05) is 20.1 Å². The van der Waals surface area contributed by atoms with E-state index < -0.39 is 0 Å². The van der Waals surface area contributed by atoms with Gasteiger partial charge >= 0.3 is 0 Å². The van der Waals surface area contributed by atoms with Gasteiger partial charge in [-0.25, -0.2) is 0 Å². The molecule has 1 aromatic rings. The SMILES string of the molecule is CCC(C)CN(C)CC(=O)c1ccc(C)cc1C. The highest BCUT2D eigenvalue weighted by Crippen LogP contribution is 2.12. The Morgan fingerprint density at radius 3 is 2.56 bits per heavy atom. The molecule has 0 radical (unpaired) electrons. The number of Topliss-reactive ketones (excluding diaryl/α,β-unsaturated/α-hetero) is 1. The minimum absolute atomic E-state index is 0.221. The summed E-state index contributed by atoms with van der Waals surface area (Å²) in [5.74, 6) is 0.861. The number of likely N-dealkylation sites (N-methyl/N-ethyl adjacent to an activating group) is 1. The van der Waals surface area contributed by atoms with Crippen LogP contribution in [0.15, 0.2) is 18.2 Å². The van der Waals surface area contributed by atoms with Crippen LogP contribution in [0.5, 0.6) is 0 Å². The standard InChI is InChI=1S/C16H25NO/c1-6-12(2)10-17(5)11-16(18)15-8-7-13(3)9-14(15)4/h7-9,12H,6,10-11H2,1-5H3. The fourth-order valence-electron chi connectivity index (χ4n) is 2.18. The summed E-state index contributed by atoms with van der Waals surface area (Å²) in [5, 5.41) is 0. The molecule has 0 fully saturated rings. The lowest BCUT2D eigenvalue weighted by molar-refractivity contribution is 0.0938. The molecule has 1 unspecified atom stereocenters. The van der Waals surface area contributed by atoms with Crippen molar-refractivity contribution in [1.82, 2.24) is 4.90 Å². The van der Waals surface area contributed by atoms with Gasteiger partial charge < -0.3 is 0 Å². The van der Waals surface area contributed by atoms with Crippen LogP contribution >= 0.6 is 0 Å². The molecule has 2 nitrogen and oxygen atoms in total. The molecule has 1 aromatic carbocycles. The van der Waals surface area contributed by atoms with E-state index in [1.165, 1.54) is 5.56 Å². The molecule has 100 valence electrons. The minimum atomic E-state index is 0.221. The number of aryl methyl sites for hydroxylation is 2. The van der Waals surface area contributed by atoms with E-state index in [2.05, 4.69) is 31.7 Å². The molecule has 0 aliphatic rings.